The summed E-state index contributed by atoms with van der Waals surface area (Å²) < 4.78 is 5.77. The summed E-state index contributed by atoms with van der Waals surface area (Å²) >= 11 is 0. The maximum atomic E-state index is 11.8. The Labute approximate surface area is 127 Å². The van der Waals surface area contributed by atoms with Crippen molar-refractivity contribution in [2.75, 3.05) is 53.4 Å². The Morgan fingerprint density at radius 3 is 2.57 bits per heavy atom. The predicted molar refractivity (Wildman–Crippen MR) is 83.8 cm³/mol. The van der Waals surface area contributed by atoms with E-state index in [1.54, 1.807) is 19.0 Å². The molecule has 0 saturated carbocycles. The molecular weight excluding hydrogens is 266 g/mol. The number of nitrogens with zero attached hydrogens (tertiary/aromatic N) is 3. The maximum Gasteiger partial charge on any atom is 0.319 e. The summed E-state index contributed by atoms with van der Waals surface area (Å²) in [5.41, 5.74) is 1.21. The van der Waals surface area contributed by atoms with Gasteiger partial charge in [-0.2, -0.15) is 0 Å². The Morgan fingerprint density at radius 1 is 1.24 bits per heavy atom. The monoisotopic (exact) mass is 291 g/mol. The normalized spacial score (nSPS) is 15.9. The minimum atomic E-state index is 0.102. The molecule has 0 unspecified atom stereocenters. The van der Waals surface area contributed by atoms with Crippen LogP contribution >= 0.6 is 0 Å². The van der Waals surface area contributed by atoms with Crippen LogP contribution in [0, 0.1) is 6.92 Å². The van der Waals surface area contributed by atoms with Gasteiger partial charge in [0.15, 0.2) is 0 Å². The molecular formula is C16H25N3O2. The van der Waals surface area contributed by atoms with Crippen molar-refractivity contribution >= 4 is 6.03 Å². The smallest absolute Gasteiger partial charge is 0.319 e. The third kappa shape index (κ3) is 4.63. The lowest BCUT2D eigenvalue weighted by molar-refractivity contribution is 0.113. The summed E-state index contributed by atoms with van der Waals surface area (Å²) in [5.74, 6) is 0.927. The molecule has 0 N–H and O–H groups in total. The molecule has 0 aliphatic carbocycles. The van der Waals surface area contributed by atoms with Crippen molar-refractivity contribution in [3.63, 3.8) is 0 Å². The van der Waals surface area contributed by atoms with Gasteiger partial charge in [0.25, 0.3) is 0 Å². The average molecular weight is 291 g/mol. The van der Waals surface area contributed by atoms with Crippen LogP contribution in [0.4, 0.5) is 4.79 Å². The van der Waals surface area contributed by atoms with Crippen molar-refractivity contribution in [2.24, 2.45) is 0 Å². The fourth-order valence-corrected chi connectivity index (χ4v) is 2.44. The first-order chi connectivity index (χ1) is 10.1. The molecule has 0 bridgehead atoms. The zero-order valence-corrected chi connectivity index (χ0v) is 13.2. The molecule has 21 heavy (non-hydrogen) atoms. The van der Waals surface area contributed by atoms with Crippen molar-refractivity contribution in [1.82, 2.24) is 14.7 Å². The number of ether oxygens (including phenoxy) is 1. The van der Waals surface area contributed by atoms with Gasteiger partial charge in [0.05, 0.1) is 0 Å². The van der Waals surface area contributed by atoms with Gasteiger partial charge in [-0.1, -0.05) is 12.1 Å². The second kappa shape index (κ2) is 7.31. The van der Waals surface area contributed by atoms with Gasteiger partial charge >= 0.3 is 6.03 Å². The molecule has 0 radical (unpaired) electrons. The van der Waals surface area contributed by atoms with Crippen LogP contribution in [0.2, 0.25) is 0 Å². The van der Waals surface area contributed by atoms with E-state index in [1.165, 1.54) is 5.56 Å². The Hall–Kier alpha value is -1.75. The van der Waals surface area contributed by atoms with E-state index in [-0.39, 0.29) is 6.03 Å². The molecule has 1 heterocycles. The predicted octanol–water partition coefficient (Wildman–Crippen LogP) is 1.67. The second-order valence-electron chi connectivity index (χ2n) is 5.67. The highest BCUT2D eigenvalue weighted by molar-refractivity contribution is 5.73. The Balaban J connectivity index is 1.68. The minimum absolute atomic E-state index is 0.102. The van der Waals surface area contributed by atoms with Crippen molar-refractivity contribution < 1.29 is 9.53 Å². The number of urea groups is 1. The molecule has 5 heteroatoms. The lowest BCUT2D eigenvalue weighted by atomic mass is 10.2. The van der Waals surface area contributed by atoms with E-state index in [0.29, 0.717) is 6.61 Å². The number of carbonyl (C=O) groups is 1. The van der Waals surface area contributed by atoms with Crippen LogP contribution in [0.5, 0.6) is 5.75 Å². The average Bonchev–Trinajstić information content (AvgIpc) is 2.47. The molecule has 0 aromatic heterocycles. The van der Waals surface area contributed by atoms with Gasteiger partial charge in [0, 0.05) is 46.8 Å². The van der Waals surface area contributed by atoms with E-state index in [2.05, 4.69) is 17.9 Å². The summed E-state index contributed by atoms with van der Waals surface area (Å²) in [6.45, 7) is 7.06. The number of aryl methyl sites for hydroxylation is 1. The number of hydrogen-bond donors (Lipinski definition) is 0. The first kappa shape index (κ1) is 15.6. The van der Waals surface area contributed by atoms with Gasteiger partial charge in [0.2, 0.25) is 0 Å². The molecule has 1 aliphatic heterocycles. The van der Waals surface area contributed by atoms with Crippen molar-refractivity contribution in [1.29, 1.82) is 0 Å². The summed E-state index contributed by atoms with van der Waals surface area (Å²) in [6, 6.07) is 8.21. The van der Waals surface area contributed by atoms with Crippen LogP contribution in [0.15, 0.2) is 24.3 Å². The minimum Gasteiger partial charge on any atom is -0.492 e. The molecule has 0 spiro atoms. The third-order valence-electron chi connectivity index (χ3n) is 3.69. The molecule has 1 aliphatic rings. The number of amides is 2. The molecule has 5 nitrogen and oxygen atoms in total. The van der Waals surface area contributed by atoms with E-state index in [0.717, 1.165) is 38.5 Å². The number of hydrogen-bond acceptors (Lipinski definition) is 3. The summed E-state index contributed by atoms with van der Waals surface area (Å²) in [4.78, 5) is 17.7. The second-order valence-corrected chi connectivity index (χ2v) is 5.67. The molecule has 1 aromatic rings. The summed E-state index contributed by atoms with van der Waals surface area (Å²) in [7, 11) is 3.59. The number of carbonyl (C=O) groups excluding carboxylic acids is 1. The largest absolute Gasteiger partial charge is 0.492 e. The van der Waals surface area contributed by atoms with Gasteiger partial charge < -0.3 is 14.5 Å². The van der Waals surface area contributed by atoms with E-state index in [9.17, 15) is 4.79 Å². The van der Waals surface area contributed by atoms with E-state index in [4.69, 9.17) is 4.74 Å². The molecule has 116 valence electrons. The Bertz CT molecular complexity index is 468. The zero-order valence-electron chi connectivity index (χ0n) is 13.2. The standard InChI is InChI=1S/C16H25N3O2/c1-14-5-4-6-15(13-14)21-12-11-18-7-9-19(10-8-18)16(20)17(2)3/h4-6,13H,7-12H2,1-3H3. The topological polar surface area (TPSA) is 36.0 Å². The lowest BCUT2D eigenvalue weighted by Gasteiger charge is -2.35. The highest BCUT2D eigenvalue weighted by Gasteiger charge is 2.21. The van der Waals surface area contributed by atoms with E-state index < -0.39 is 0 Å². The highest BCUT2D eigenvalue weighted by atomic mass is 16.5. The van der Waals surface area contributed by atoms with Crippen LogP contribution in [0.1, 0.15) is 5.56 Å². The lowest BCUT2D eigenvalue weighted by Crippen LogP contribution is -2.52. The molecule has 0 atom stereocenters. The number of rotatable bonds is 4. The fraction of sp³-hybridized carbons (Fsp3) is 0.562. The number of piperazine rings is 1. The van der Waals surface area contributed by atoms with Crippen LogP contribution < -0.4 is 4.74 Å². The van der Waals surface area contributed by atoms with Gasteiger partial charge in [-0.3, -0.25) is 4.90 Å². The van der Waals surface area contributed by atoms with E-state index >= 15 is 0 Å². The van der Waals surface area contributed by atoms with E-state index in [1.807, 2.05) is 23.1 Å². The van der Waals surface area contributed by atoms with Crippen LogP contribution in [-0.2, 0) is 0 Å². The number of benzene rings is 1. The summed E-state index contributed by atoms with van der Waals surface area (Å²) in [5, 5.41) is 0. The molecule has 1 fully saturated rings. The van der Waals surface area contributed by atoms with Crippen molar-refractivity contribution in [3.8, 4) is 5.75 Å². The van der Waals surface area contributed by atoms with Crippen molar-refractivity contribution in [3.05, 3.63) is 29.8 Å². The first-order valence-electron chi connectivity index (χ1n) is 7.44. The summed E-state index contributed by atoms with van der Waals surface area (Å²) in [6.07, 6.45) is 0. The fourth-order valence-electron chi connectivity index (χ4n) is 2.44. The van der Waals surface area contributed by atoms with Crippen LogP contribution in [-0.4, -0.2) is 74.2 Å². The van der Waals surface area contributed by atoms with Crippen LogP contribution in [0.3, 0.4) is 0 Å². The third-order valence-corrected chi connectivity index (χ3v) is 3.69. The van der Waals surface area contributed by atoms with Crippen LogP contribution in [0.25, 0.3) is 0 Å². The first-order valence-corrected chi connectivity index (χ1v) is 7.44. The Kier molecular flexibility index (Phi) is 5.44. The van der Waals surface area contributed by atoms with Gasteiger partial charge in [0.1, 0.15) is 12.4 Å². The molecule has 1 aromatic carbocycles. The maximum absolute atomic E-state index is 11.8. The highest BCUT2D eigenvalue weighted by Crippen LogP contribution is 2.12. The SMILES string of the molecule is Cc1cccc(OCCN2CCN(C(=O)N(C)C)CC2)c1. The zero-order chi connectivity index (χ0) is 15.2. The van der Waals surface area contributed by atoms with Crippen molar-refractivity contribution in [2.45, 2.75) is 6.92 Å². The quantitative estimate of drug-likeness (QED) is 0.846. The molecule has 2 amide bonds. The Morgan fingerprint density at radius 2 is 1.95 bits per heavy atom. The van der Waals surface area contributed by atoms with Gasteiger partial charge in [-0.05, 0) is 24.6 Å². The molecule has 1 saturated heterocycles. The van der Waals surface area contributed by atoms with Gasteiger partial charge in [-0.25, -0.2) is 4.79 Å². The van der Waals surface area contributed by atoms with Gasteiger partial charge in [-0.15, -0.1) is 0 Å². The molecule has 2 rings (SSSR count).